The fraction of sp³-hybridized carbons (Fsp3) is 0.607. The Kier molecular flexibility index (Phi) is 6.94. The summed E-state index contributed by atoms with van der Waals surface area (Å²) in [6.45, 7) is 6.89. The summed E-state index contributed by atoms with van der Waals surface area (Å²) in [7, 11) is 0. The summed E-state index contributed by atoms with van der Waals surface area (Å²) in [6.07, 6.45) is 9.15. The summed E-state index contributed by atoms with van der Waals surface area (Å²) in [5.41, 5.74) is -0.411. The van der Waals surface area contributed by atoms with E-state index in [-0.39, 0.29) is 23.8 Å². The highest BCUT2D eigenvalue weighted by Gasteiger charge is 2.72. The number of carbonyl (C=O) groups excluding carboxylic acids is 3. The zero-order valence-electron chi connectivity index (χ0n) is 21.5. The Morgan fingerprint density at radius 3 is 2.78 bits per heavy atom. The lowest BCUT2D eigenvalue weighted by Gasteiger charge is -2.38. The van der Waals surface area contributed by atoms with Crippen LogP contribution >= 0.6 is 11.8 Å². The van der Waals surface area contributed by atoms with Crippen LogP contribution in [0.25, 0.3) is 0 Å². The summed E-state index contributed by atoms with van der Waals surface area (Å²) in [5, 5.41) is 6.29. The molecule has 4 aliphatic rings. The van der Waals surface area contributed by atoms with Crippen LogP contribution < -0.4 is 10.6 Å². The average molecular weight is 512 g/mol. The summed E-state index contributed by atoms with van der Waals surface area (Å²) >= 11 is 1.60. The third kappa shape index (κ3) is 4.06. The van der Waals surface area contributed by atoms with Gasteiger partial charge in [-0.3, -0.25) is 14.4 Å². The first kappa shape index (κ1) is 25.3. The second-order valence-corrected chi connectivity index (χ2v) is 11.7. The zero-order valence-corrected chi connectivity index (χ0v) is 22.3. The van der Waals surface area contributed by atoms with E-state index in [4.69, 9.17) is 4.74 Å². The number of ether oxygens (including phenoxy) is 1. The van der Waals surface area contributed by atoms with Gasteiger partial charge in [-0.15, -0.1) is 11.8 Å². The van der Waals surface area contributed by atoms with Crippen LogP contribution in [0.5, 0.6) is 0 Å². The topological polar surface area (TPSA) is 87.7 Å². The van der Waals surface area contributed by atoms with Crippen molar-refractivity contribution in [2.45, 2.75) is 75.1 Å². The minimum atomic E-state index is -1.10. The number of hydrogen-bond donors (Lipinski definition) is 2. The van der Waals surface area contributed by atoms with Crippen LogP contribution in [-0.2, 0) is 19.1 Å². The molecule has 8 atom stereocenters. The van der Waals surface area contributed by atoms with Crippen LogP contribution in [0.2, 0.25) is 0 Å². The molecule has 0 radical (unpaired) electrons. The Hall–Kier alpha value is -2.32. The molecule has 3 fully saturated rings. The standard InChI is InChI=1S/C28H37N3O4S/c1-5-14-31-24(26(33)30-20-11-6-8-16(2)17(20)3)28-13-12-21(35-28)22(23(28)27(31)34)25(32)29-18-9-7-10-19(15-18)36-4/h7,9-10,12-13,15-17,20-24H,5-6,8,11,14H2,1-4H3,(H,29,32)(H,30,33). The Morgan fingerprint density at radius 1 is 1.22 bits per heavy atom. The summed E-state index contributed by atoms with van der Waals surface area (Å²) in [6, 6.07) is 6.97. The molecule has 1 saturated carbocycles. The van der Waals surface area contributed by atoms with Gasteiger partial charge < -0.3 is 20.3 Å². The number of likely N-dealkylation sites (tertiary alicyclic amines) is 1. The highest BCUT2D eigenvalue weighted by atomic mass is 32.2. The van der Waals surface area contributed by atoms with Crippen molar-refractivity contribution in [3.05, 3.63) is 36.4 Å². The minimum absolute atomic E-state index is 0.0840. The second kappa shape index (κ2) is 9.86. The van der Waals surface area contributed by atoms with E-state index in [1.165, 1.54) is 6.42 Å². The molecule has 3 aliphatic heterocycles. The maximum absolute atomic E-state index is 13.8. The molecule has 1 spiro atoms. The average Bonchev–Trinajstić information content (AvgIpc) is 3.50. The van der Waals surface area contributed by atoms with E-state index in [9.17, 15) is 14.4 Å². The fourth-order valence-electron chi connectivity index (χ4n) is 6.72. The van der Waals surface area contributed by atoms with E-state index in [2.05, 4.69) is 24.5 Å². The van der Waals surface area contributed by atoms with Gasteiger partial charge in [0.1, 0.15) is 11.6 Å². The molecule has 2 N–H and O–H groups in total. The van der Waals surface area contributed by atoms with Crippen LogP contribution in [0.15, 0.2) is 41.3 Å². The third-order valence-corrected chi connectivity index (χ3v) is 9.49. The van der Waals surface area contributed by atoms with Crippen LogP contribution in [0.3, 0.4) is 0 Å². The van der Waals surface area contributed by atoms with Gasteiger partial charge in [0.15, 0.2) is 0 Å². The predicted octanol–water partition coefficient (Wildman–Crippen LogP) is 3.85. The molecule has 1 aliphatic carbocycles. The molecular formula is C28H37N3O4S. The van der Waals surface area contributed by atoms with Gasteiger partial charge in [0.2, 0.25) is 17.7 Å². The third-order valence-electron chi connectivity index (χ3n) is 8.76. The predicted molar refractivity (Wildman–Crippen MR) is 140 cm³/mol. The van der Waals surface area contributed by atoms with Crippen LogP contribution in [-0.4, -0.2) is 59.2 Å². The molecule has 2 saturated heterocycles. The number of thioether (sulfide) groups is 1. The lowest BCUT2D eigenvalue weighted by atomic mass is 9.73. The van der Waals surface area contributed by atoms with Crippen molar-refractivity contribution in [1.29, 1.82) is 0 Å². The molecule has 36 heavy (non-hydrogen) atoms. The van der Waals surface area contributed by atoms with Crippen LogP contribution in [0.4, 0.5) is 5.69 Å². The van der Waals surface area contributed by atoms with Crippen molar-refractivity contribution >= 4 is 35.2 Å². The first-order chi connectivity index (χ1) is 17.3. The molecule has 194 valence electrons. The van der Waals surface area contributed by atoms with Gasteiger partial charge in [0.25, 0.3) is 0 Å². The van der Waals surface area contributed by atoms with E-state index < -0.39 is 29.6 Å². The van der Waals surface area contributed by atoms with Crippen LogP contribution in [0, 0.1) is 23.7 Å². The molecule has 0 aromatic heterocycles. The van der Waals surface area contributed by atoms with Crippen molar-refractivity contribution in [2.75, 3.05) is 18.1 Å². The van der Waals surface area contributed by atoms with Gasteiger partial charge in [-0.2, -0.15) is 0 Å². The van der Waals surface area contributed by atoms with Gasteiger partial charge in [0.05, 0.1) is 17.9 Å². The highest BCUT2D eigenvalue weighted by molar-refractivity contribution is 7.98. The molecular weight excluding hydrogens is 474 g/mol. The number of carbonyl (C=O) groups is 3. The van der Waals surface area contributed by atoms with Crippen LogP contribution in [0.1, 0.15) is 46.5 Å². The fourth-order valence-corrected chi connectivity index (χ4v) is 7.18. The number of rotatable bonds is 7. The van der Waals surface area contributed by atoms with Crippen molar-refractivity contribution in [2.24, 2.45) is 23.7 Å². The number of hydrogen-bond acceptors (Lipinski definition) is 5. The Bertz CT molecular complexity index is 1080. The smallest absolute Gasteiger partial charge is 0.246 e. The van der Waals surface area contributed by atoms with E-state index in [0.29, 0.717) is 24.1 Å². The van der Waals surface area contributed by atoms with Crippen molar-refractivity contribution in [3.63, 3.8) is 0 Å². The number of benzene rings is 1. The first-order valence-electron chi connectivity index (χ1n) is 13.2. The first-order valence-corrected chi connectivity index (χ1v) is 14.5. The number of anilines is 1. The molecule has 2 bridgehead atoms. The molecule has 3 heterocycles. The summed E-state index contributed by atoms with van der Waals surface area (Å²) < 4.78 is 6.42. The van der Waals surface area contributed by atoms with E-state index in [1.807, 2.05) is 49.6 Å². The number of nitrogens with one attached hydrogen (secondary N) is 2. The number of nitrogens with zero attached hydrogens (tertiary/aromatic N) is 1. The maximum atomic E-state index is 13.8. The molecule has 7 nitrogen and oxygen atoms in total. The molecule has 5 rings (SSSR count). The molecule has 3 amide bonds. The largest absolute Gasteiger partial charge is 0.359 e. The minimum Gasteiger partial charge on any atom is -0.359 e. The Balaban J connectivity index is 1.41. The van der Waals surface area contributed by atoms with Gasteiger partial charge in [-0.1, -0.05) is 51.8 Å². The summed E-state index contributed by atoms with van der Waals surface area (Å²) in [5.74, 6) is -1.03. The van der Waals surface area contributed by atoms with Gasteiger partial charge in [0, 0.05) is 23.2 Å². The second-order valence-electron chi connectivity index (χ2n) is 10.8. The maximum Gasteiger partial charge on any atom is 0.246 e. The van der Waals surface area contributed by atoms with Crippen molar-refractivity contribution in [3.8, 4) is 0 Å². The molecule has 1 aromatic rings. The van der Waals surface area contributed by atoms with E-state index in [0.717, 1.165) is 24.2 Å². The number of amides is 3. The SMILES string of the molecule is CCCN1C(=O)C2C(C(=O)Nc3cccc(SC)c3)C3C=CC2(O3)C1C(=O)NC1CCCC(C)C1C. The summed E-state index contributed by atoms with van der Waals surface area (Å²) in [4.78, 5) is 43.9. The highest BCUT2D eigenvalue weighted by Crippen LogP contribution is 2.55. The molecule has 1 aromatic carbocycles. The van der Waals surface area contributed by atoms with E-state index in [1.54, 1.807) is 16.7 Å². The lowest BCUT2D eigenvalue weighted by molar-refractivity contribution is -0.141. The van der Waals surface area contributed by atoms with Crippen molar-refractivity contribution in [1.82, 2.24) is 10.2 Å². The zero-order chi connectivity index (χ0) is 25.6. The quantitative estimate of drug-likeness (QED) is 0.429. The molecule has 8 heteroatoms. The Morgan fingerprint density at radius 2 is 2.03 bits per heavy atom. The van der Waals surface area contributed by atoms with Gasteiger partial charge in [-0.25, -0.2) is 0 Å². The Labute approximate surface area is 217 Å². The molecule has 8 unspecified atom stereocenters. The van der Waals surface area contributed by atoms with Crippen molar-refractivity contribution < 1.29 is 19.1 Å². The van der Waals surface area contributed by atoms with Gasteiger partial charge in [-0.05, 0) is 49.1 Å². The van der Waals surface area contributed by atoms with Gasteiger partial charge >= 0.3 is 0 Å². The van der Waals surface area contributed by atoms with E-state index >= 15 is 0 Å². The normalized spacial score (nSPS) is 36.7. The lowest BCUT2D eigenvalue weighted by Crippen LogP contribution is -2.57. The monoisotopic (exact) mass is 511 g/mol. The number of fused-ring (bicyclic) bond motifs is 1.